The number of Topliss-reactive ketones (excluding diaryl/α,β-unsaturated/α-hetero) is 1. The Morgan fingerprint density at radius 1 is 1.08 bits per heavy atom. The van der Waals surface area contributed by atoms with Crippen LogP contribution in [0, 0.1) is 0 Å². The van der Waals surface area contributed by atoms with E-state index in [1.165, 1.54) is 24.3 Å². The number of rotatable bonds is 6. The van der Waals surface area contributed by atoms with Gasteiger partial charge in [-0.1, -0.05) is 12.8 Å². The molecule has 0 atom stereocenters. The van der Waals surface area contributed by atoms with Crippen molar-refractivity contribution >= 4 is 23.6 Å². The summed E-state index contributed by atoms with van der Waals surface area (Å²) in [6, 6.07) is 3.79. The Bertz CT molecular complexity index is 744. The average molecular weight is 366 g/mol. The predicted molar refractivity (Wildman–Crippen MR) is 83.6 cm³/mol. The highest BCUT2D eigenvalue weighted by Crippen LogP contribution is 2.28. The third-order valence-corrected chi connectivity index (χ3v) is 4.48. The maximum absolute atomic E-state index is 12.4. The van der Waals surface area contributed by atoms with E-state index >= 15 is 0 Å². The van der Waals surface area contributed by atoms with Gasteiger partial charge in [0, 0.05) is 11.6 Å². The van der Waals surface area contributed by atoms with Gasteiger partial charge in [-0.25, -0.2) is 9.69 Å². The maximum Gasteiger partial charge on any atom is 0.387 e. The van der Waals surface area contributed by atoms with Gasteiger partial charge in [-0.3, -0.25) is 19.3 Å². The largest absolute Gasteiger partial charge is 0.435 e. The molecule has 1 aromatic rings. The van der Waals surface area contributed by atoms with Crippen LogP contribution in [0.15, 0.2) is 24.3 Å². The van der Waals surface area contributed by atoms with Crippen LogP contribution in [0.4, 0.5) is 13.6 Å². The van der Waals surface area contributed by atoms with Crippen molar-refractivity contribution in [2.24, 2.45) is 0 Å². The normalized spacial score (nSPS) is 18.3. The van der Waals surface area contributed by atoms with Crippen molar-refractivity contribution in [3.05, 3.63) is 29.8 Å². The number of hydrogen-bond acceptors (Lipinski definition) is 5. The van der Waals surface area contributed by atoms with E-state index < -0.39 is 36.8 Å². The monoisotopic (exact) mass is 366 g/mol. The van der Waals surface area contributed by atoms with Crippen molar-refractivity contribution in [3.63, 3.8) is 0 Å². The molecule has 1 aromatic carbocycles. The molecule has 2 fully saturated rings. The lowest BCUT2D eigenvalue weighted by Gasteiger charge is -2.20. The molecule has 26 heavy (non-hydrogen) atoms. The summed E-state index contributed by atoms with van der Waals surface area (Å²) in [7, 11) is 0. The molecule has 1 aliphatic heterocycles. The third-order valence-electron chi connectivity index (χ3n) is 4.48. The van der Waals surface area contributed by atoms with Gasteiger partial charge < -0.3 is 4.74 Å². The second-order valence-electron chi connectivity index (χ2n) is 6.11. The first-order valence-corrected chi connectivity index (χ1v) is 8.15. The first-order chi connectivity index (χ1) is 12.4. The lowest BCUT2D eigenvalue weighted by atomic mass is 10.1. The summed E-state index contributed by atoms with van der Waals surface area (Å²) in [6.45, 7) is -3.56. The van der Waals surface area contributed by atoms with E-state index in [2.05, 4.69) is 4.74 Å². The maximum atomic E-state index is 12.4. The molecule has 9 heteroatoms. The van der Waals surface area contributed by atoms with Crippen LogP contribution in [0.1, 0.15) is 36.0 Å². The van der Waals surface area contributed by atoms with Crippen molar-refractivity contribution in [2.45, 2.75) is 38.3 Å². The number of carbonyl (C=O) groups is 4. The summed E-state index contributed by atoms with van der Waals surface area (Å²) in [5.74, 6) is -2.63. The Morgan fingerprint density at radius 2 is 1.69 bits per heavy atom. The molecule has 3 rings (SSSR count). The fourth-order valence-electron chi connectivity index (χ4n) is 3.20. The number of benzene rings is 1. The minimum Gasteiger partial charge on any atom is -0.435 e. The van der Waals surface area contributed by atoms with Gasteiger partial charge in [0.05, 0.1) is 6.54 Å². The number of ether oxygens (including phenoxy) is 1. The molecular formula is C17H16F2N2O5. The van der Waals surface area contributed by atoms with Gasteiger partial charge in [0.25, 0.3) is 0 Å². The van der Waals surface area contributed by atoms with Crippen molar-refractivity contribution in [2.75, 3.05) is 6.54 Å². The highest BCUT2D eigenvalue weighted by Gasteiger charge is 2.48. The van der Waals surface area contributed by atoms with Crippen molar-refractivity contribution in [1.29, 1.82) is 0 Å². The summed E-state index contributed by atoms with van der Waals surface area (Å²) in [4.78, 5) is 50.5. The van der Waals surface area contributed by atoms with Crippen LogP contribution in [-0.2, 0) is 9.59 Å². The first kappa shape index (κ1) is 18.0. The Morgan fingerprint density at radius 3 is 2.27 bits per heavy atom. The number of carbonyl (C=O) groups excluding carboxylic acids is 4. The lowest BCUT2D eigenvalue weighted by Crippen LogP contribution is -2.41. The molecule has 7 nitrogen and oxygen atoms in total. The first-order valence-electron chi connectivity index (χ1n) is 8.15. The van der Waals surface area contributed by atoms with Crippen LogP contribution in [0.3, 0.4) is 0 Å². The number of halogens is 2. The molecule has 4 amide bonds. The van der Waals surface area contributed by atoms with Crippen molar-refractivity contribution in [1.82, 2.24) is 9.80 Å². The lowest BCUT2D eigenvalue weighted by molar-refractivity contribution is -0.143. The number of nitrogens with zero attached hydrogens (tertiary/aromatic N) is 2. The zero-order valence-electron chi connectivity index (χ0n) is 13.7. The van der Waals surface area contributed by atoms with E-state index in [9.17, 15) is 28.0 Å². The van der Waals surface area contributed by atoms with Crippen LogP contribution in [-0.4, -0.2) is 52.6 Å². The van der Waals surface area contributed by atoms with Gasteiger partial charge in [-0.05, 0) is 37.1 Å². The minimum atomic E-state index is -2.98. The smallest absolute Gasteiger partial charge is 0.387 e. The zero-order valence-corrected chi connectivity index (χ0v) is 13.7. The molecule has 0 spiro atoms. The number of amides is 4. The zero-order chi connectivity index (χ0) is 18.8. The highest BCUT2D eigenvalue weighted by molar-refractivity contribution is 6.45. The quantitative estimate of drug-likeness (QED) is 0.438. The minimum absolute atomic E-state index is 0.110. The molecule has 1 saturated carbocycles. The van der Waals surface area contributed by atoms with Crippen LogP contribution in [0.2, 0.25) is 0 Å². The summed E-state index contributed by atoms with van der Waals surface area (Å²) in [6.07, 6.45) is 3.06. The molecule has 0 bridgehead atoms. The van der Waals surface area contributed by atoms with Gasteiger partial charge in [0.2, 0.25) is 0 Å². The Kier molecular flexibility index (Phi) is 4.97. The van der Waals surface area contributed by atoms with E-state index in [1.54, 1.807) is 0 Å². The van der Waals surface area contributed by atoms with Crippen LogP contribution in [0.25, 0.3) is 0 Å². The van der Waals surface area contributed by atoms with Gasteiger partial charge in [-0.2, -0.15) is 8.78 Å². The van der Waals surface area contributed by atoms with E-state index in [0.29, 0.717) is 17.7 Å². The molecule has 138 valence electrons. The number of urea groups is 1. The second-order valence-corrected chi connectivity index (χ2v) is 6.11. The summed E-state index contributed by atoms with van der Waals surface area (Å²) in [5.41, 5.74) is 0.110. The van der Waals surface area contributed by atoms with Crippen molar-refractivity contribution in [3.8, 4) is 5.75 Å². The third kappa shape index (κ3) is 3.42. The predicted octanol–water partition coefficient (Wildman–Crippen LogP) is 2.20. The molecular weight excluding hydrogens is 350 g/mol. The Balaban J connectivity index is 1.69. The van der Waals surface area contributed by atoms with Crippen LogP contribution < -0.4 is 4.74 Å². The number of alkyl halides is 2. The van der Waals surface area contributed by atoms with Gasteiger partial charge in [0.15, 0.2) is 5.78 Å². The second kappa shape index (κ2) is 7.19. The topological polar surface area (TPSA) is 84.0 Å². The Labute approximate surface area is 147 Å². The van der Waals surface area contributed by atoms with E-state index in [-0.39, 0.29) is 17.4 Å². The van der Waals surface area contributed by atoms with E-state index in [1.807, 2.05) is 0 Å². The highest BCUT2D eigenvalue weighted by atomic mass is 19.3. The summed E-state index contributed by atoms with van der Waals surface area (Å²) < 4.78 is 28.4. The molecule has 0 unspecified atom stereocenters. The van der Waals surface area contributed by atoms with E-state index in [4.69, 9.17) is 0 Å². The number of imide groups is 2. The van der Waals surface area contributed by atoms with Gasteiger partial charge >= 0.3 is 24.5 Å². The summed E-state index contributed by atoms with van der Waals surface area (Å²) >= 11 is 0. The standard InChI is InChI=1S/C17H16F2N2O5/c18-16(19)26-12-7-5-10(6-8-12)13(22)9-20-14(23)15(24)21(17(20)25)11-3-1-2-4-11/h5-8,11,16H,1-4,9H2. The van der Waals surface area contributed by atoms with Gasteiger partial charge in [-0.15, -0.1) is 0 Å². The Hall–Kier alpha value is -2.84. The van der Waals surface area contributed by atoms with Crippen molar-refractivity contribution < 1.29 is 32.7 Å². The molecule has 0 aromatic heterocycles. The molecule has 1 saturated heterocycles. The number of hydrogen-bond donors (Lipinski definition) is 0. The van der Waals surface area contributed by atoms with Gasteiger partial charge in [0.1, 0.15) is 5.75 Å². The molecule has 0 N–H and O–H groups in total. The fraction of sp³-hybridized carbons (Fsp3) is 0.412. The van der Waals surface area contributed by atoms with Crippen LogP contribution in [0.5, 0.6) is 5.75 Å². The SMILES string of the molecule is O=C(CN1C(=O)C(=O)N(C2CCCC2)C1=O)c1ccc(OC(F)F)cc1. The average Bonchev–Trinajstić information content (AvgIpc) is 3.18. The van der Waals surface area contributed by atoms with E-state index in [0.717, 1.165) is 17.7 Å². The van der Waals surface area contributed by atoms with Crippen LogP contribution >= 0.6 is 0 Å². The molecule has 0 radical (unpaired) electrons. The molecule has 2 aliphatic rings. The fourth-order valence-corrected chi connectivity index (χ4v) is 3.20. The number of ketones is 1. The summed E-state index contributed by atoms with van der Waals surface area (Å²) in [5, 5.41) is 0. The molecule has 1 aliphatic carbocycles. The molecule has 1 heterocycles.